The highest BCUT2D eigenvalue weighted by Gasteiger charge is 2.21. The highest BCUT2D eigenvalue weighted by molar-refractivity contribution is 6.33. The minimum Gasteiger partial charge on any atom is -0.378 e. The second-order valence-electron chi connectivity index (χ2n) is 8.37. The predicted molar refractivity (Wildman–Crippen MR) is 135 cm³/mol. The topological polar surface area (TPSA) is 91.4 Å². The summed E-state index contributed by atoms with van der Waals surface area (Å²) in [6, 6.07) is 15.3. The van der Waals surface area contributed by atoms with Gasteiger partial charge in [0.25, 0.3) is 0 Å². The summed E-state index contributed by atoms with van der Waals surface area (Å²) < 4.78 is 5.42. The third-order valence-electron chi connectivity index (χ3n) is 6.04. The van der Waals surface area contributed by atoms with Crippen molar-refractivity contribution in [2.45, 2.75) is 18.9 Å². The Hall–Kier alpha value is -3.20. The van der Waals surface area contributed by atoms with Crippen molar-refractivity contribution in [3.63, 3.8) is 0 Å². The summed E-state index contributed by atoms with van der Waals surface area (Å²) in [7, 11) is 0. The molecule has 2 aliphatic rings. The monoisotopic (exact) mass is 478 g/mol. The van der Waals surface area contributed by atoms with Crippen LogP contribution in [0.1, 0.15) is 12.8 Å². The fourth-order valence-electron chi connectivity index (χ4n) is 4.22. The van der Waals surface area contributed by atoms with Crippen molar-refractivity contribution in [2.24, 2.45) is 0 Å². The van der Waals surface area contributed by atoms with Crippen LogP contribution in [0, 0.1) is 0 Å². The van der Waals surface area contributed by atoms with E-state index in [1.165, 1.54) is 0 Å². The summed E-state index contributed by atoms with van der Waals surface area (Å²) >= 11 is 6.55. The average Bonchev–Trinajstić information content (AvgIpc) is 3.41. The third kappa shape index (κ3) is 5.30. The van der Waals surface area contributed by atoms with E-state index in [1.54, 1.807) is 6.20 Å². The predicted octanol–water partition coefficient (Wildman–Crippen LogP) is 4.07. The van der Waals surface area contributed by atoms with Gasteiger partial charge < -0.3 is 25.6 Å². The Morgan fingerprint density at radius 3 is 2.62 bits per heavy atom. The average molecular weight is 479 g/mol. The Kier molecular flexibility index (Phi) is 6.89. The van der Waals surface area contributed by atoms with Crippen LogP contribution in [-0.4, -0.2) is 54.8 Å². The van der Waals surface area contributed by atoms with Crippen LogP contribution in [0.2, 0.25) is 5.02 Å². The van der Waals surface area contributed by atoms with Gasteiger partial charge in [-0.05, 0) is 55.8 Å². The molecule has 0 saturated carbocycles. The first-order chi connectivity index (χ1) is 16.7. The van der Waals surface area contributed by atoms with Crippen molar-refractivity contribution in [2.75, 3.05) is 48.4 Å². The van der Waals surface area contributed by atoms with E-state index in [0.29, 0.717) is 24.2 Å². The van der Waals surface area contributed by atoms with Crippen LogP contribution in [-0.2, 0) is 9.53 Å². The molecule has 2 saturated heterocycles. The first-order valence-electron chi connectivity index (χ1n) is 11.5. The van der Waals surface area contributed by atoms with Gasteiger partial charge >= 0.3 is 0 Å². The van der Waals surface area contributed by atoms with Gasteiger partial charge in [-0.2, -0.15) is 0 Å². The molecule has 5 rings (SSSR count). The molecule has 0 spiro atoms. The van der Waals surface area contributed by atoms with Gasteiger partial charge in [0.15, 0.2) is 0 Å². The molecule has 0 unspecified atom stereocenters. The van der Waals surface area contributed by atoms with Crippen molar-refractivity contribution in [1.29, 1.82) is 0 Å². The number of carbonyl (C=O) groups is 1. The number of anilines is 4. The molecule has 1 atom stereocenters. The van der Waals surface area contributed by atoms with Crippen LogP contribution >= 0.6 is 11.6 Å². The molecule has 0 aliphatic carbocycles. The van der Waals surface area contributed by atoms with E-state index in [-0.39, 0.29) is 11.9 Å². The fraction of sp³-hybridized carbons (Fsp3) is 0.320. The second kappa shape index (κ2) is 10.4. The van der Waals surface area contributed by atoms with Crippen molar-refractivity contribution in [1.82, 2.24) is 15.3 Å². The van der Waals surface area contributed by atoms with Gasteiger partial charge in [0.1, 0.15) is 0 Å². The first kappa shape index (κ1) is 22.6. The van der Waals surface area contributed by atoms with Crippen molar-refractivity contribution >= 4 is 40.5 Å². The molecule has 34 heavy (non-hydrogen) atoms. The molecule has 0 bridgehead atoms. The van der Waals surface area contributed by atoms with Gasteiger partial charge in [0.2, 0.25) is 11.9 Å². The van der Waals surface area contributed by atoms with Gasteiger partial charge in [-0.25, -0.2) is 9.97 Å². The number of nitrogens with zero attached hydrogens (tertiary/aromatic N) is 3. The molecule has 3 aromatic rings. The fourth-order valence-corrected chi connectivity index (χ4v) is 4.52. The molecule has 1 aromatic heterocycles. The Morgan fingerprint density at radius 2 is 1.88 bits per heavy atom. The number of nitrogens with one attached hydrogen (secondary N) is 3. The lowest BCUT2D eigenvalue weighted by Gasteiger charge is -2.29. The maximum absolute atomic E-state index is 12.3. The van der Waals surface area contributed by atoms with Crippen LogP contribution in [0.15, 0.2) is 54.7 Å². The highest BCUT2D eigenvalue weighted by atomic mass is 35.5. The van der Waals surface area contributed by atoms with Crippen LogP contribution < -0.4 is 20.9 Å². The second-order valence-corrected chi connectivity index (χ2v) is 8.78. The molecule has 2 fully saturated rings. The Morgan fingerprint density at radius 1 is 1.09 bits per heavy atom. The summed E-state index contributed by atoms with van der Waals surface area (Å²) in [5, 5.41) is 10.1. The van der Waals surface area contributed by atoms with E-state index < -0.39 is 0 Å². The molecule has 3 heterocycles. The minimum atomic E-state index is -0.105. The zero-order valence-electron chi connectivity index (χ0n) is 18.8. The van der Waals surface area contributed by atoms with E-state index in [4.69, 9.17) is 16.3 Å². The lowest BCUT2D eigenvalue weighted by molar-refractivity contribution is -0.117. The summed E-state index contributed by atoms with van der Waals surface area (Å²) in [6.45, 7) is 3.98. The number of benzene rings is 2. The molecule has 1 amide bonds. The Balaban J connectivity index is 1.25. The van der Waals surface area contributed by atoms with E-state index >= 15 is 0 Å². The quantitative estimate of drug-likeness (QED) is 0.492. The maximum Gasteiger partial charge on any atom is 0.241 e. The molecular formula is C25H27ClN6O2. The van der Waals surface area contributed by atoms with Crippen molar-refractivity contribution in [3.05, 3.63) is 59.8 Å². The molecule has 9 heteroatoms. The zero-order chi connectivity index (χ0) is 23.3. The lowest BCUT2D eigenvalue weighted by atomic mass is 10.1. The number of rotatable bonds is 6. The van der Waals surface area contributed by atoms with Crippen LogP contribution in [0.5, 0.6) is 0 Å². The SMILES string of the molecule is O=C(Nc1ccc(-c2ccnc(Nc3ccc(N4CCOCC4)c(Cl)c3)n2)cc1)[C@@H]1CCCN1. The Bertz CT molecular complexity index is 1140. The van der Waals surface area contributed by atoms with E-state index in [2.05, 4.69) is 30.8 Å². The molecule has 0 radical (unpaired) electrons. The smallest absolute Gasteiger partial charge is 0.241 e. The van der Waals surface area contributed by atoms with Crippen LogP contribution in [0.25, 0.3) is 11.3 Å². The number of halogens is 1. The summed E-state index contributed by atoms with van der Waals surface area (Å²) in [5.74, 6) is 0.495. The van der Waals surface area contributed by atoms with E-state index in [9.17, 15) is 4.79 Å². The largest absolute Gasteiger partial charge is 0.378 e. The zero-order valence-corrected chi connectivity index (χ0v) is 19.5. The third-order valence-corrected chi connectivity index (χ3v) is 6.34. The summed E-state index contributed by atoms with van der Waals surface area (Å²) in [6.07, 6.45) is 3.63. The van der Waals surface area contributed by atoms with Crippen LogP contribution in [0.3, 0.4) is 0 Å². The van der Waals surface area contributed by atoms with Crippen molar-refractivity contribution in [3.8, 4) is 11.3 Å². The summed E-state index contributed by atoms with van der Waals surface area (Å²) in [5.41, 5.74) is 4.30. The standard InChI is InChI=1S/C25H27ClN6O2/c26-20-16-19(7-8-23(20)32-12-14-34-15-13-32)30-25-28-11-9-21(31-25)17-3-5-18(6-4-17)29-24(33)22-2-1-10-27-22/h3-9,11,16,22,27H,1-2,10,12-15H2,(H,29,33)(H,28,30,31)/t22-/m0/s1. The minimum absolute atomic E-state index is 0.0112. The molecular weight excluding hydrogens is 452 g/mol. The normalized spacial score (nSPS) is 18.0. The molecule has 3 N–H and O–H groups in total. The van der Waals surface area contributed by atoms with Gasteiger partial charge in [-0.3, -0.25) is 4.79 Å². The molecule has 2 aromatic carbocycles. The molecule has 2 aliphatic heterocycles. The van der Waals surface area contributed by atoms with Crippen LogP contribution in [0.4, 0.5) is 23.0 Å². The lowest BCUT2D eigenvalue weighted by Crippen LogP contribution is -2.36. The van der Waals surface area contributed by atoms with Gasteiger partial charge in [0, 0.05) is 36.2 Å². The first-order valence-corrected chi connectivity index (χ1v) is 11.9. The highest BCUT2D eigenvalue weighted by Crippen LogP contribution is 2.30. The molecule has 176 valence electrons. The van der Waals surface area contributed by atoms with E-state index in [0.717, 1.165) is 60.8 Å². The number of aromatic nitrogens is 2. The van der Waals surface area contributed by atoms with Gasteiger partial charge in [-0.1, -0.05) is 23.7 Å². The van der Waals surface area contributed by atoms with Crippen molar-refractivity contribution < 1.29 is 9.53 Å². The summed E-state index contributed by atoms with van der Waals surface area (Å²) in [4.78, 5) is 23.5. The maximum atomic E-state index is 12.3. The molecule has 8 nitrogen and oxygen atoms in total. The number of ether oxygens (including phenoxy) is 1. The number of hydrogen-bond donors (Lipinski definition) is 3. The number of amides is 1. The Labute approximate surface area is 203 Å². The van der Waals surface area contributed by atoms with Gasteiger partial charge in [-0.15, -0.1) is 0 Å². The number of morpholine rings is 1. The number of hydrogen-bond acceptors (Lipinski definition) is 7. The van der Waals surface area contributed by atoms with Gasteiger partial charge in [0.05, 0.1) is 35.7 Å². The van der Waals surface area contributed by atoms with E-state index in [1.807, 2.05) is 48.5 Å². The number of carbonyl (C=O) groups excluding carboxylic acids is 1.